The third-order valence-electron chi connectivity index (χ3n) is 4.57. The monoisotopic (exact) mass is 386 g/mol. The summed E-state index contributed by atoms with van der Waals surface area (Å²) in [5, 5.41) is 8.94. The Balaban J connectivity index is 1.69. The van der Waals surface area contributed by atoms with E-state index in [0.717, 1.165) is 35.3 Å². The van der Waals surface area contributed by atoms with Gasteiger partial charge in [0.1, 0.15) is 6.04 Å². The van der Waals surface area contributed by atoms with E-state index in [1.54, 1.807) is 29.6 Å². The van der Waals surface area contributed by atoms with Crippen LogP contribution in [0.25, 0.3) is 11.1 Å². The Morgan fingerprint density at radius 1 is 1.15 bits per heavy atom. The van der Waals surface area contributed by atoms with Crippen LogP contribution in [-0.2, 0) is 16.1 Å². The number of hydrogen-bond donors (Lipinski definition) is 2. The fourth-order valence-electron chi connectivity index (χ4n) is 3.08. The summed E-state index contributed by atoms with van der Waals surface area (Å²) in [7, 11) is 1.37. The molecule has 27 heavy (non-hydrogen) atoms. The van der Waals surface area contributed by atoms with E-state index in [2.05, 4.69) is 0 Å². The Kier molecular flexibility index (Phi) is 6.49. The van der Waals surface area contributed by atoms with Gasteiger partial charge in [0.05, 0.1) is 12.7 Å². The van der Waals surface area contributed by atoms with Crippen LogP contribution < -0.4 is 5.48 Å². The minimum atomic E-state index is -0.357. The minimum Gasteiger partial charge on any atom is -0.465 e. The zero-order chi connectivity index (χ0) is 19.2. The molecule has 0 bridgehead atoms. The molecule has 0 spiro atoms. The predicted molar refractivity (Wildman–Crippen MR) is 104 cm³/mol. The van der Waals surface area contributed by atoms with Crippen molar-refractivity contribution in [1.82, 2.24) is 9.79 Å². The Morgan fingerprint density at radius 2 is 1.78 bits per heavy atom. The number of nitrogens with one attached hydrogen (secondary N) is 1. The highest BCUT2D eigenvalue weighted by molar-refractivity contribution is 7.97. The van der Waals surface area contributed by atoms with E-state index < -0.39 is 0 Å². The van der Waals surface area contributed by atoms with Crippen LogP contribution in [0, 0.1) is 0 Å². The quantitative estimate of drug-likeness (QED) is 0.355. The lowest BCUT2D eigenvalue weighted by atomic mass is 10.0. The van der Waals surface area contributed by atoms with Crippen LogP contribution in [0.3, 0.4) is 0 Å². The molecule has 1 amide bonds. The molecule has 1 fully saturated rings. The van der Waals surface area contributed by atoms with Crippen molar-refractivity contribution in [2.45, 2.75) is 25.4 Å². The maximum atomic E-state index is 11.9. The van der Waals surface area contributed by atoms with Gasteiger partial charge >= 0.3 is 5.97 Å². The molecule has 0 radical (unpaired) electrons. The summed E-state index contributed by atoms with van der Waals surface area (Å²) in [5.74, 6) is 0.265. The summed E-state index contributed by atoms with van der Waals surface area (Å²) in [4.78, 5) is 23.4. The SMILES string of the molecule is COC(=O)c1ccc(-c2ccc(CN3SCCC[C@@H]3C(=O)NO)cc2)cc1. The van der Waals surface area contributed by atoms with Gasteiger partial charge in [-0.25, -0.2) is 14.6 Å². The van der Waals surface area contributed by atoms with Crippen LogP contribution >= 0.6 is 11.9 Å². The standard InChI is InChI=1S/C20H22N2O4S/c1-26-20(24)17-10-8-16(9-11-17)15-6-4-14(5-7-15)13-22-18(19(23)21-25)3-2-12-27-22/h4-11,18,25H,2-3,12-13H2,1H3,(H,21,23)/t18-/m1/s1. The smallest absolute Gasteiger partial charge is 0.337 e. The Labute approximate surface area is 162 Å². The van der Waals surface area contributed by atoms with E-state index in [9.17, 15) is 9.59 Å². The normalized spacial score (nSPS) is 17.3. The number of rotatable bonds is 5. The molecule has 1 aliphatic rings. The highest BCUT2D eigenvalue weighted by Crippen LogP contribution is 2.29. The number of methoxy groups -OCH3 is 1. The van der Waals surface area contributed by atoms with Crippen molar-refractivity contribution in [3.63, 3.8) is 0 Å². The lowest BCUT2D eigenvalue weighted by Crippen LogP contribution is -2.44. The molecule has 2 N–H and O–H groups in total. The number of nitrogens with zero attached hydrogens (tertiary/aromatic N) is 1. The van der Waals surface area contributed by atoms with Crippen molar-refractivity contribution < 1.29 is 19.5 Å². The van der Waals surface area contributed by atoms with Gasteiger partial charge in [-0.2, -0.15) is 0 Å². The van der Waals surface area contributed by atoms with Crippen molar-refractivity contribution >= 4 is 23.8 Å². The molecule has 0 saturated carbocycles. The predicted octanol–water partition coefficient (Wildman–Crippen LogP) is 3.26. The summed E-state index contributed by atoms with van der Waals surface area (Å²) in [6.07, 6.45) is 1.70. The van der Waals surface area contributed by atoms with Crippen molar-refractivity contribution in [3.8, 4) is 11.1 Å². The fraction of sp³-hybridized carbons (Fsp3) is 0.300. The van der Waals surface area contributed by atoms with Crippen molar-refractivity contribution in [2.24, 2.45) is 0 Å². The molecule has 0 unspecified atom stereocenters. The first-order chi connectivity index (χ1) is 13.1. The molecule has 1 saturated heterocycles. The first-order valence-electron chi connectivity index (χ1n) is 8.73. The molecule has 6 nitrogen and oxygen atoms in total. The number of carbonyl (C=O) groups is 2. The van der Waals surface area contributed by atoms with Gasteiger partial charge in [0, 0.05) is 12.3 Å². The molecule has 0 aliphatic carbocycles. The summed E-state index contributed by atoms with van der Waals surface area (Å²) in [6.45, 7) is 0.629. The molecule has 1 atom stereocenters. The van der Waals surface area contributed by atoms with Crippen molar-refractivity contribution in [3.05, 3.63) is 59.7 Å². The zero-order valence-corrected chi connectivity index (χ0v) is 15.9. The first kappa shape index (κ1) is 19.4. The molecular formula is C20H22N2O4S. The second-order valence-electron chi connectivity index (χ2n) is 6.31. The van der Waals surface area contributed by atoms with Gasteiger partial charge in [0.25, 0.3) is 5.91 Å². The van der Waals surface area contributed by atoms with Gasteiger partial charge in [-0.3, -0.25) is 10.0 Å². The number of amides is 1. The van der Waals surface area contributed by atoms with Crippen LogP contribution in [-0.4, -0.2) is 40.3 Å². The summed E-state index contributed by atoms with van der Waals surface area (Å²) < 4.78 is 6.74. The second kappa shape index (κ2) is 9.03. The number of hydroxylamine groups is 1. The van der Waals surface area contributed by atoms with Crippen LogP contribution in [0.2, 0.25) is 0 Å². The highest BCUT2D eigenvalue weighted by atomic mass is 32.2. The summed E-state index contributed by atoms with van der Waals surface area (Å²) >= 11 is 1.63. The van der Waals surface area contributed by atoms with Gasteiger partial charge in [0.15, 0.2) is 0 Å². The number of carbonyl (C=O) groups excluding carboxylic acids is 2. The van der Waals surface area contributed by atoms with Crippen molar-refractivity contribution in [2.75, 3.05) is 12.9 Å². The zero-order valence-electron chi connectivity index (χ0n) is 15.1. The summed E-state index contributed by atoms with van der Waals surface area (Å²) in [5.41, 5.74) is 5.45. The molecule has 7 heteroatoms. The molecule has 2 aromatic rings. The van der Waals surface area contributed by atoms with Gasteiger partial charge in [-0.15, -0.1) is 0 Å². The summed E-state index contributed by atoms with van der Waals surface area (Å²) in [6, 6.07) is 15.1. The van der Waals surface area contributed by atoms with Gasteiger partial charge in [0.2, 0.25) is 0 Å². The lowest BCUT2D eigenvalue weighted by Gasteiger charge is -2.32. The Morgan fingerprint density at radius 3 is 2.37 bits per heavy atom. The highest BCUT2D eigenvalue weighted by Gasteiger charge is 2.29. The van der Waals surface area contributed by atoms with E-state index in [0.29, 0.717) is 12.1 Å². The topological polar surface area (TPSA) is 78.9 Å². The average Bonchev–Trinajstić information content (AvgIpc) is 2.73. The number of esters is 1. The number of hydrogen-bond acceptors (Lipinski definition) is 6. The molecule has 3 rings (SSSR count). The fourth-order valence-corrected chi connectivity index (χ4v) is 4.24. The molecule has 1 heterocycles. The van der Waals surface area contributed by atoms with Crippen LogP contribution in [0.15, 0.2) is 48.5 Å². The van der Waals surface area contributed by atoms with E-state index in [4.69, 9.17) is 9.94 Å². The molecule has 1 aliphatic heterocycles. The third-order valence-corrected chi connectivity index (χ3v) is 5.76. The maximum absolute atomic E-state index is 11.9. The Bertz CT molecular complexity index is 793. The third kappa shape index (κ3) is 4.68. The van der Waals surface area contributed by atoms with Crippen LogP contribution in [0.1, 0.15) is 28.8 Å². The lowest BCUT2D eigenvalue weighted by molar-refractivity contribution is -0.133. The number of benzene rings is 2. The molecule has 142 valence electrons. The average molecular weight is 386 g/mol. The van der Waals surface area contributed by atoms with Gasteiger partial charge in [-0.05, 0) is 41.7 Å². The molecule has 2 aromatic carbocycles. The van der Waals surface area contributed by atoms with E-state index in [-0.39, 0.29) is 17.9 Å². The Hall–Kier alpha value is -2.35. The second-order valence-corrected chi connectivity index (χ2v) is 7.44. The van der Waals surface area contributed by atoms with Crippen molar-refractivity contribution in [1.29, 1.82) is 0 Å². The van der Waals surface area contributed by atoms with E-state index in [1.807, 2.05) is 40.7 Å². The minimum absolute atomic E-state index is 0.320. The molecular weight excluding hydrogens is 364 g/mol. The van der Waals surface area contributed by atoms with Gasteiger partial charge < -0.3 is 4.74 Å². The first-order valence-corrected chi connectivity index (χ1v) is 9.68. The van der Waals surface area contributed by atoms with Crippen LogP contribution in [0.4, 0.5) is 0 Å². The number of ether oxygens (including phenoxy) is 1. The van der Waals surface area contributed by atoms with Gasteiger partial charge in [-0.1, -0.05) is 48.3 Å². The molecule has 0 aromatic heterocycles. The van der Waals surface area contributed by atoms with Crippen LogP contribution in [0.5, 0.6) is 0 Å². The maximum Gasteiger partial charge on any atom is 0.337 e. The van der Waals surface area contributed by atoms with E-state index in [1.165, 1.54) is 7.11 Å². The van der Waals surface area contributed by atoms with E-state index >= 15 is 0 Å². The largest absolute Gasteiger partial charge is 0.465 e.